The molecule has 174 valence electrons. The summed E-state index contributed by atoms with van der Waals surface area (Å²) in [6.45, 7) is 10.0. The summed E-state index contributed by atoms with van der Waals surface area (Å²) in [5.74, 6) is 0.817. The van der Waals surface area contributed by atoms with Crippen LogP contribution in [-0.4, -0.2) is 35.4 Å². The van der Waals surface area contributed by atoms with Gasteiger partial charge in [-0.2, -0.15) is 4.98 Å². The molecule has 1 aromatic carbocycles. The maximum atomic E-state index is 13.0. The van der Waals surface area contributed by atoms with E-state index in [4.69, 9.17) is 0 Å². The molecular formula is C22H29N3O4S3. The number of fused-ring (bicyclic) bond motifs is 1. The number of benzene rings is 1. The van der Waals surface area contributed by atoms with Crippen LogP contribution in [0.15, 0.2) is 38.2 Å². The van der Waals surface area contributed by atoms with Gasteiger partial charge < -0.3 is 5.11 Å². The minimum Gasteiger partial charge on any atom is -0.396 e. The van der Waals surface area contributed by atoms with Gasteiger partial charge in [-0.25, -0.2) is 13.2 Å². The van der Waals surface area contributed by atoms with Gasteiger partial charge in [0.1, 0.15) is 5.69 Å². The molecule has 2 heterocycles. The standard InChI is InChI=1S/C22H29N3O4S3/c1-14-6-8-17(9-7-14)32(28,29)24-19-18-20(30-13-11-22(4,5)10-12-26)31-16(3)15(2)25(18)21(27)23-19/h6-9,26H,10-13H2,1-5H3,(H,23,24,27). The highest BCUT2D eigenvalue weighted by molar-refractivity contribution is 8.01. The van der Waals surface area contributed by atoms with E-state index in [1.165, 1.54) is 28.0 Å². The van der Waals surface area contributed by atoms with Gasteiger partial charge in [0.2, 0.25) is 0 Å². The molecule has 32 heavy (non-hydrogen) atoms. The number of aliphatic hydroxyl groups is 1. The van der Waals surface area contributed by atoms with Crippen LogP contribution in [0.3, 0.4) is 0 Å². The van der Waals surface area contributed by atoms with Gasteiger partial charge in [-0.1, -0.05) is 31.5 Å². The molecule has 1 aromatic rings. The van der Waals surface area contributed by atoms with Crippen LogP contribution in [0.25, 0.3) is 5.69 Å². The second kappa shape index (κ2) is 9.54. The highest BCUT2D eigenvalue weighted by Gasteiger charge is 2.27. The molecule has 10 heteroatoms. The van der Waals surface area contributed by atoms with Gasteiger partial charge in [0.05, 0.1) is 9.10 Å². The lowest BCUT2D eigenvalue weighted by molar-refractivity contribution is 0.208. The van der Waals surface area contributed by atoms with Gasteiger partial charge in [0.15, 0.2) is 5.82 Å². The van der Waals surface area contributed by atoms with Crippen molar-refractivity contribution in [2.45, 2.75) is 56.6 Å². The fraction of sp³-hybridized carbons (Fsp3) is 0.455. The number of imidazole rings is 1. The van der Waals surface area contributed by atoms with Crippen LogP contribution in [0.5, 0.6) is 0 Å². The summed E-state index contributed by atoms with van der Waals surface area (Å²) in [5, 5.41) is 9.27. The second-order valence-electron chi connectivity index (χ2n) is 8.61. The van der Waals surface area contributed by atoms with E-state index in [2.05, 4.69) is 23.6 Å². The molecule has 0 amide bonds. The van der Waals surface area contributed by atoms with E-state index in [9.17, 15) is 18.3 Å². The minimum atomic E-state index is -3.90. The molecule has 0 fully saturated rings. The Labute approximate surface area is 197 Å². The van der Waals surface area contributed by atoms with Crippen molar-refractivity contribution in [2.75, 3.05) is 17.1 Å². The lowest BCUT2D eigenvalue weighted by atomic mass is 9.87. The van der Waals surface area contributed by atoms with E-state index in [-0.39, 0.29) is 22.7 Å². The van der Waals surface area contributed by atoms with Gasteiger partial charge in [-0.15, -0.1) is 23.1 Å². The van der Waals surface area contributed by atoms with E-state index < -0.39 is 15.7 Å². The summed E-state index contributed by atoms with van der Waals surface area (Å²) in [4.78, 5) is 17.8. The molecule has 0 atom stereocenters. The molecule has 0 radical (unpaired) electrons. The number of anilines is 1. The highest BCUT2D eigenvalue weighted by atomic mass is 32.2. The lowest BCUT2D eigenvalue weighted by Gasteiger charge is -2.23. The zero-order valence-electron chi connectivity index (χ0n) is 18.9. The van der Waals surface area contributed by atoms with Crippen molar-refractivity contribution >= 4 is 38.9 Å². The largest absolute Gasteiger partial charge is 0.396 e. The molecule has 2 aliphatic heterocycles. The number of aliphatic hydroxyl groups excluding tert-OH is 1. The average Bonchev–Trinajstić information content (AvgIpc) is 3.01. The van der Waals surface area contributed by atoms with E-state index in [1.54, 1.807) is 23.9 Å². The monoisotopic (exact) mass is 495 g/mol. The van der Waals surface area contributed by atoms with Crippen molar-refractivity contribution in [2.24, 2.45) is 5.41 Å². The summed E-state index contributed by atoms with van der Waals surface area (Å²) in [6.07, 6.45) is 1.57. The number of aryl methyl sites for hydroxylation is 2. The predicted molar refractivity (Wildman–Crippen MR) is 131 cm³/mol. The normalized spacial score (nSPS) is 12.4. The zero-order chi connectivity index (χ0) is 23.7. The van der Waals surface area contributed by atoms with E-state index in [0.717, 1.165) is 32.5 Å². The van der Waals surface area contributed by atoms with Crippen LogP contribution < -0.4 is 10.4 Å². The second-order valence-corrected chi connectivity index (χ2v) is 12.9. The number of nitrogens with one attached hydrogen (secondary N) is 1. The summed E-state index contributed by atoms with van der Waals surface area (Å²) in [5.41, 5.74) is 1.67. The van der Waals surface area contributed by atoms with Gasteiger partial charge in [0, 0.05) is 17.2 Å². The van der Waals surface area contributed by atoms with Gasteiger partial charge in [-0.3, -0.25) is 9.29 Å². The molecule has 7 nitrogen and oxygen atoms in total. The Morgan fingerprint density at radius 1 is 1.16 bits per heavy atom. The number of thioether (sulfide) groups is 1. The first kappa shape index (κ1) is 24.8. The van der Waals surface area contributed by atoms with Crippen molar-refractivity contribution in [1.29, 1.82) is 0 Å². The maximum Gasteiger partial charge on any atom is 0.354 e. The number of aromatic nitrogens is 2. The molecule has 0 aromatic heterocycles. The lowest BCUT2D eigenvalue weighted by Crippen LogP contribution is -2.18. The third-order valence-corrected chi connectivity index (χ3v) is 9.30. The zero-order valence-corrected chi connectivity index (χ0v) is 21.4. The first-order chi connectivity index (χ1) is 14.9. The van der Waals surface area contributed by atoms with Crippen LogP contribution in [0.2, 0.25) is 0 Å². The number of hydrogen-bond acceptors (Lipinski definition) is 7. The van der Waals surface area contributed by atoms with Crippen LogP contribution in [0.4, 0.5) is 5.82 Å². The quantitative estimate of drug-likeness (QED) is 0.428. The number of sulfonamides is 1. The molecule has 2 aliphatic rings. The van der Waals surface area contributed by atoms with Crippen molar-refractivity contribution in [1.82, 2.24) is 9.55 Å². The van der Waals surface area contributed by atoms with Crippen molar-refractivity contribution in [3.8, 4) is 5.69 Å². The third-order valence-electron chi connectivity index (χ3n) is 5.49. The molecule has 3 rings (SSSR count). The Hall–Kier alpha value is -1.88. The van der Waals surface area contributed by atoms with Crippen LogP contribution >= 0.6 is 23.1 Å². The van der Waals surface area contributed by atoms with E-state index in [0.29, 0.717) is 12.1 Å². The van der Waals surface area contributed by atoms with Gasteiger partial charge in [-0.05, 0) is 56.9 Å². The molecule has 0 bridgehead atoms. The minimum absolute atomic E-state index is 0.0117. The Morgan fingerprint density at radius 2 is 1.81 bits per heavy atom. The summed E-state index contributed by atoms with van der Waals surface area (Å²) in [6, 6.07) is 6.52. The smallest absolute Gasteiger partial charge is 0.354 e. The van der Waals surface area contributed by atoms with Crippen molar-refractivity contribution in [3.63, 3.8) is 0 Å². The van der Waals surface area contributed by atoms with E-state index in [1.807, 2.05) is 20.8 Å². The fourth-order valence-corrected chi connectivity index (χ4v) is 7.07. The molecule has 2 N–H and O–H groups in total. The molecule has 0 spiro atoms. The first-order valence-corrected chi connectivity index (χ1v) is 13.6. The summed E-state index contributed by atoms with van der Waals surface area (Å²) in [7, 11) is -3.90. The average molecular weight is 496 g/mol. The van der Waals surface area contributed by atoms with Crippen LogP contribution in [0.1, 0.15) is 42.8 Å². The summed E-state index contributed by atoms with van der Waals surface area (Å²) < 4.78 is 30.8. The predicted octanol–water partition coefficient (Wildman–Crippen LogP) is 4.35. The van der Waals surface area contributed by atoms with Crippen LogP contribution in [0, 0.1) is 26.2 Å². The summed E-state index contributed by atoms with van der Waals surface area (Å²) >= 11 is 3.11. The number of rotatable bonds is 9. The molecule has 0 unspecified atom stereocenters. The number of nitrogens with zero attached hydrogens (tertiary/aromatic N) is 2. The fourth-order valence-electron chi connectivity index (χ4n) is 3.24. The Kier molecular flexibility index (Phi) is 7.38. The van der Waals surface area contributed by atoms with Crippen molar-refractivity contribution in [3.05, 3.63) is 50.9 Å². The van der Waals surface area contributed by atoms with Crippen molar-refractivity contribution < 1.29 is 13.5 Å². The van der Waals surface area contributed by atoms with E-state index >= 15 is 0 Å². The first-order valence-electron chi connectivity index (χ1n) is 10.3. The highest BCUT2D eigenvalue weighted by Crippen LogP contribution is 2.40. The van der Waals surface area contributed by atoms with Gasteiger partial charge >= 0.3 is 5.69 Å². The van der Waals surface area contributed by atoms with Gasteiger partial charge in [0.25, 0.3) is 10.0 Å². The number of hydrogen-bond donors (Lipinski definition) is 2. The third kappa shape index (κ3) is 5.36. The molecular weight excluding hydrogens is 466 g/mol. The Morgan fingerprint density at radius 3 is 2.44 bits per heavy atom. The Balaban J connectivity index is 1.99. The van der Waals surface area contributed by atoms with Crippen LogP contribution in [-0.2, 0) is 10.0 Å². The molecule has 0 aliphatic carbocycles. The topological polar surface area (TPSA) is 101 Å². The SMILES string of the molecule is Cc1ccc(S(=O)(=O)Nc2nc(=O)n3c(C)c(C)sc(SCCC(C)(C)CCO)c2-3)cc1. The molecule has 0 saturated carbocycles. The Bertz CT molecular complexity index is 1230. The maximum absolute atomic E-state index is 13.0. The molecule has 0 saturated heterocycles.